The monoisotopic (exact) mass is 666 g/mol. The SMILES string of the molecule is CC(C)(C)OC(=O)N(CC[C@H](NC(=O)OCC1c2ccccc2-c2ccccc21)C(=O)O)Cc1cc(C(F)(F)F)cc(C(F)(F)F)c1. The Morgan fingerprint density at radius 2 is 1.36 bits per heavy atom. The Morgan fingerprint density at radius 3 is 1.83 bits per heavy atom. The third-order valence-electron chi connectivity index (χ3n) is 7.29. The maximum atomic E-state index is 13.4. The van der Waals surface area contributed by atoms with Crippen molar-refractivity contribution in [3.05, 3.63) is 94.5 Å². The summed E-state index contributed by atoms with van der Waals surface area (Å²) in [5.41, 5.74) is -0.976. The number of fused-ring (bicyclic) bond motifs is 3. The van der Waals surface area contributed by atoms with Gasteiger partial charge in [-0.1, -0.05) is 48.5 Å². The van der Waals surface area contributed by atoms with Gasteiger partial charge in [-0.15, -0.1) is 0 Å². The molecule has 3 aromatic rings. The molecule has 0 aromatic heterocycles. The van der Waals surface area contributed by atoms with Crippen LogP contribution >= 0.6 is 0 Å². The van der Waals surface area contributed by atoms with Crippen molar-refractivity contribution in [3.63, 3.8) is 0 Å². The highest BCUT2D eigenvalue weighted by Crippen LogP contribution is 2.44. The molecule has 2 N–H and O–H groups in total. The van der Waals surface area contributed by atoms with Crippen LogP contribution in [0.4, 0.5) is 35.9 Å². The van der Waals surface area contributed by atoms with E-state index in [4.69, 9.17) is 9.47 Å². The minimum Gasteiger partial charge on any atom is -0.480 e. The zero-order valence-corrected chi connectivity index (χ0v) is 25.5. The van der Waals surface area contributed by atoms with Gasteiger partial charge in [0.15, 0.2) is 0 Å². The molecule has 1 aliphatic rings. The number of carbonyl (C=O) groups is 3. The van der Waals surface area contributed by atoms with Crippen molar-refractivity contribution in [1.29, 1.82) is 0 Å². The van der Waals surface area contributed by atoms with Crippen molar-refractivity contribution in [2.45, 2.75) is 63.7 Å². The predicted octanol–water partition coefficient (Wildman–Crippen LogP) is 7.84. The van der Waals surface area contributed by atoms with Crippen molar-refractivity contribution in [1.82, 2.24) is 10.2 Å². The minimum atomic E-state index is -5.12. The fraction of sp³-hybridized carbons (Fsp3) is 0.364. The second kappa shape index (κ2) is 13.5. The molecule has 14 heteroatoms. The highest BCUT2D eigenvalue weighted by molar-refractivity contribution is 5.81. The number of benzene rings is 3. The lowest BCUT2D eigenvalue weighted by Crippen LogP contribution is -2.45. The number of hydrogen-bond acceptors (Lipinski definition) is 5. The van der Waals surface area contributed by atoms with Crippen LogP contribution in [-0.2, 0) is 33.2 Å². The van der Waals surface area contributed by atoms with Gasteiger partial charge in [0.1, 0.15) is 18.2 Å². The van der Waals surface area contributed by atoms with Crippen LogP contribution in [0.2, 0.25) is 0 Å². The Labute approximate surface area is 266 Å². The number of nitrogens with zero attached hydrogens (tertiary/aromatic N) is 1. The summed E-state index contributed by atoms with van der Waals surface area (Å²) in [5, 5.41) is 12.0. The Hall–Kier alpha value is -4.75. The first kappa shape index (κ1) is 35.1. The first-order valence-corrected chi connectivity index (χ1v) is 14.4. The summed E-state index contributed by atoms with van der Waals surface area (Å²) in [6.45, 7) is 3.06. The standard InChI is InChI=1S/C33H32F6N2O6/c1-31(2,3)47-30(45)41(17-19-14-20(32(34,35)36)16-21(15-19)33(37,38)39)13-12-27(28(42)43)40-29(44)46-18-26-24-10-6-4-8-22(24)23-9-5-7-11-25(23)26/h4-11,14-16,26-27H,12-13,17-18H2,1-3H3,(H,40,44)(H,42,43)/t27-/m0/s1. The average molecular weight is 667 g/mol. The molecule has 252 valence electrons. The molecule has 2 amide bonds. The lowest BCUT2D eigenvalue weighted by atomic mass is 9.98. The van der Waals surface area contributed by atoms with Crippen LogP contribution in [-0.4, -0.2) is 53.0 Å². The summed E-state index contributed by atoms with van der Waals surface area (Å²) in [7, 11) is 0. The van der Waals surface area contributed by atoms with Gasteiger partial charge in [-0.25, -0.2) is 14.4 Å². The van der Waals surface area contributed by atoms with Crippen LogP contribution in [0.5, 0.6) is 0 Å². The van der Waals surface area contributed by atoms with E-state index in [9.17, 15) is 45.8 Å². The molecule has 3 aromatic carbocycles. The molecule has 0 saturated heterocycles. The molecule has 0 unspecified atom stereocenters. The van der Waals surface area contributed by atoms with Crippen LogP contribution in [0.1, 0.15) is 60.9 Å². The van der Waals surface area contributed by atoms with Gasteiger partial charge in [0, 0.05) is 19.0 Å². The average Bonchev–Trinajstić information content (AvgIpc) is 3.29. The first-order valence-electron chi connectivity index (χ1n) is 14.4. The molecule has 47 heavy (non-hydrogen) atoms. The lowest BCUT2D eigenvalue weighted by Gasteiger charge is -2.29. The topological polar surface area (TPSA) is 105 Å². The second-order valence-electron chi connectivity index (χ2n) is 12.0. The van der Waals surface area contributed by atoms with Crippen molar-refractivity contribution < 1.29 is 55.3 Å². The van der Waals surface area contributed by atoms with Crippen LogP contribution in [0.25, 0.3) is 11.1 Å². The fourth-order valence-electron chi connectivity index (χ4n) is 5.22. The Kier molecular flexibility index (Phi) is 10.1. The zero-order valence-electron chi connectivity index (χ0n) is 25.5. The molecule has 0 spiro atoms. The van der Waals surface area contributed by atoms with Crippen molar-refractivity contribution in [3.8, 4) is 11.1 Å². The number of carboxylic acids is 1. The van der Waals surface area contributed by atoms with Crippen LogP contribution in [0.15, 0.2) is 66.7 Å². The second-order valence-corrected chi connectivity index (χ2v) is 12.0. The van der Waals surface area contributed by atoms with E-state index in [1.54, 1.807) is 0 Å². The first-order chi connectivity index (χ1) is 21.8. The number of rotatable bonds is 9. The van der Waals surface area contributed by atoms with E-state index in [0.717, 1.165) is 27.2 Å². The molecule has 0 aliphatic heterocycles. The van der Waals surface area contributed by atoms with Crippen molar-refractivity contribution >= 4 is 18.2 Å². The number of alkyl halides is 6. The van der Waals surface area contributed by atoms with Gasteiger partial charge in [0.05, 0.1) is 11.1 Å². The van der Waals surface area contributed by atoms with Crippen molar-refractivity contribution in [2.24, 2.45) is 0 Å². The summed E-state index contributed by atoms with van der Waals surface area (Å²) >= 11 is 0. The van der Waals surface area contributed by atoms with Crippen LogP contribution in [0, 0.1) is 0 Å². The largest absolute Gasteiger partial charge is 0.480 e. The molecule has 8 nitrogen and oxygen atoms in total. The third-order valence-corrected chi connectivity index (χ3v) is 7.29. The summed E-state index contributed by atoms with van der Waals surface area (Å²) in [5.74, 6) is -1.82. The Balaban J connectivity index is 1.48. The van der Waals surface area contributed by atoms with Crippen LogP contribution < -0.4 is 5.32 Å². The van der Waals surface area contributed by atoms with Gasteiger partial charge in [-0.3, -0.25) is 0 Å². The summed E-state index contributed by atoms with van der Waals surface area (Å²) in [6.07, 6.45) is -12.9. The molecular formula is C33H32F6N2O6. The lowest BCUT2D eigenvalue weighted by molar-refractivity contribution is -0.143. The summed E-state index contributed by atoms with van der Waals surface area (Å²) in [6, 6.07) is 14.4. The zero-order chi connectivity index (χ0) is 34.7. The number of carbonyl (C=O) groups excluding carboxylic acids is 2. The summed E-state index contributed by atoms with van der Waals surface area (Å²) < 4.78 is 91.3. The number of alkyl carbamates (subject to hydrolysis) is 1. The van der Waals surface area contributed by atoms with Crippen LogP contribution in [0.3, 0.4) is 0 Å². The third kappa shape index (κ3) is 8.95. The molecular weight excluding hydrogens is 634 g/mol. The van der Waals surface area contributed by atoms with Gasteiger partial charge >= 0.3 is 30.5 Å². The number of halogens is 6. The molecule has 1 aliphatic carbocycles. The predicted molar refractivity (Wildman–Crippen MR) is 157 cm³/mol. The quantitative estimate of drug-likeness (QED) is 0.226. The van der Waals surface area contributed by atoms with Gasteiger partial charge < -0.3 is 24.8 Å². The van der Waals surface area contributed by atoms with E-state index in [0.29, 0.717) is 12.1 Å². The number of ether oxygens (including phenoxy) is 2. The van der Waals surface area contributed by atoms with E-state index in [1.165, 1.54) is 20.8 Å². The molecule has 0 fully saturated rings. The molecule has 1 atom stereocenters. The molecule has 0 radical (unpaired) electrons. The molecule has 0 saturated carbocycles. The number of nitrogens with one attached hydrogen (secondary N) is 1. The molecule has 0 heterocycles. The number of aliphatic carboxylic acids is 1. The number of hydrogen-bond donors (Lipinski definition) is 2. The van der Waals surface area contributed by atoms with E-state index in [2.05, 4.69) is 5.32 Å². The Morgan fingerprint density at radius 1 is 0.851 bits per heavy atom. The van der Waals surface area contributed by atoms with Gasteiger partial charge in [0.25, 0.3) is 0 Å². The highest BCUT2D eigenvalue weighted by Gasteiger charge is 2.37. The summed E-state index contributed by atoms with van der Waals surface area (Å²) in [4.78, 5) is 38.5. The highest BCUT2D eigenvalue weighted by atomic mass is 19.4. The smallest absolute Gasteiger partial charge is 0.416 e. The van der Waals surface area contributed by atoms with Gasteiger partial charge in [-0.05, 0) is 73.2 Å². The van der Waals surface area contributed by atoms with Gasteiger partial charge in [-0.2, -0.15) is 26.3 Å². The number of carboxylic acid groups (broad SMARTS) is 1. The van der Waals surface area contributed by atoms with Gasteiger partial charge in [0.2, 0.25) is 0 Å². The number of amides is 2. The van der Waals surface area contributed by atoms with E-state index < -0.39 is 78.4 Å². The molecule has 0 bridgehead atoms. The fourth-order valence-corrected chi connectivity index (χ4v) is 5.22. The minimum absolute atomic E-state index is 0.0416. The Bertz CT molecular complexity index is 1560. The molecule has 4 rings (SSSR count). The maximum absolute atomic E-state index is 13.4. The van der Waals surface area contributed by atoms with E-state index in [-0.39, 0.29) is 18.6 Å². The van der Waals surface area contributed by atoms with E-state index in [1.807, 2.05) is 48.5 Å². The van der Waals surface area contributed by atoms with Crippen molar-refractivity contribution in [2.75, 3.05) is 13.2 Å². The maximum Gasteiger partial charge on any atom is 0.416 e. The normalized spacial score (nSPS) is 13.7. The van der Waals surface area contributed by atoms with E-state index >= 15 is 0 Å².